The first-order valence-electron chi connectivity index (χ1n) is 7.88. The lowest BCUT2D eigenvalue weighted by molar-refractivity contribution is 0.0695. The van der Waals surface area contributed by atoms with Gasteiger partial charge in [-0.05, 0) is 25.0 Å². The Morgan fingerprint density at radius 3 is 2.31 bits per heavy atom. The first-order chi connectivity index (χ1) is 12.3. The molecule has 2 heterocycles. The fourth-order valence-electron chi connectivity index (χ4n) is 3.25. The van der Waals surface area contributed by atoms with Crippen LogP contribution in [0.2, 0.25) is 0 Å². The molecule has 0 radical (unpaired) electrons. The number of anilines is 2. The summed E-state index contributed by atoms with van der Waals surface area (Å²) >= 11 is 3.39. The largest absolute Gasteiger partial charge is 0.478 e. The molecule has 1 aliphatic heterocycles. The minimum absolute atomic E-state index is 0.180. The topological polar surface area (TPSA) is 137 Å². The number of aromatic nitrogens is 1. The molecule has 136 valence electrons. The lowest BCUT2D eigenvalue weighted by atomic mass is 9.93. The van der Waals surface area contributed by atoms with E-state index < -0.39 is 28.6 Å². The molecule has 1 aromatic carbocycles. The number of nitrogens with one attached hydrogen (secondary N) is 1. The third-order valence-corrected chi connectivity index (χ3v) is 4.84. The van der Waals surface area contributed by atoms with Crippen LogP contribution in [0.3, 0.4) is 0 Å². The molecule has 0 atom stereocenters. The number of aromatic amines is 1. The summed E-state index contributed by atoms with van der Waals surface area (Å²) in [7, 11) is 0. The van der Waals surface area contributed by atoms with Crippen LogP contribution < -0.4 is 16.2 Å². The molecule has 5 N–H and O–H groups in total. The third kappa shape index (κ3) is 3.05. The summed E-state index contributed by atoms with van der Waals surface area (Å²) in [4.78, 5) is 39.9. The standard InChI is InChI=1S/C17H16BrN3O5/c18-8-3-4-9(10(7-8)21-5-1-2-6-21)11-12(16(23)24)14(19)20-15(22)13(11)17(25)26/h3-4,7H,1-2,5-6H2,(H,23,24)(H,25,26)(H3,19,20,22). The molecule has 0 spiro atoms. The molecule has 0 saturated carbocycles. The normalized spacial score (nSPS) is 13.8. The number of rotatable bonds is 4. The molecule has 0 bridgehead atoms. The molecule has 9 heteroatoms. The lowest BCUT2D eigenvalue weighted by Crippen LogP contribution is -2.25. The number of hydrogen-bond donors (Lipinski definition) is 4. The number of nitrogen functional groups attached to an aromatic ring is 1. The number of hydrogen-bond acceptors (Lipinski definition) is 5. The highest BCUT2D eigenvalue weighted by Crippen LogP contribution is 2.39. The smallest absolute Gasteiger partial charge is 0.342 e. The van der Waals surface area contributed by atoms with E-state index in [2.05, 4.69) is 20.9 Å². The number of pyridine rings is 1. The quantitative estimate of drug-likeness (QED) is 0.594. The first kappa shape index (κ1) is 18.0. The van der Waals surface area contributed by atoms with Crippen LogP contribution in [0.25, 0.3) is 11.1 Å². The fourth-order valence-corrected chi connectivity index (χ4v) is 3.60. The van der Waals surface area contributed by atoms with Crippen molar-refractivity contribution in [2.45, 2.75) is 12.8 Å². The highest BCUT2D eigenvalue weighted by Gasteiger charge is 2.29. The van der Waals surface area contributed by atoms with Crippen molar-refractivity contribution in [1.29, 1.82) is 0 Å². The van der Waals surface area contributed by atoms with Crippen LogP contribution in [-0.2, 0) is 0 Å². The Hall–Kier alpha value is -2.81. The molecule has 0 aliphatic carbocycles. The number of H-pyrrole nitrogens is 1. The molecule has 1 aliphatic rings. The highest BCUT2D eigenvalue weighted by molar-refractivity contribution is 9.10. The van der Waals surface area contributed by atoms with Crippen LogP contribution in [0.4, 0.5) is 11.5 Å². The van der Waals surface area contributed by atoms with Crippen LogP contribution in [0.5, 0.6) is 0 Å². The highest BCUT2D eigenvalue weighted by atomic mass is 79.9. The maximum atomic E-state index is 12.2. The number of aromatic carboxylic acids is 2. The van der Waals surface area contributed by atoms with E-state index in [4.69, 9.17) is 5.73 Å². The van der Waals surface area contributed by atoms with Gasteiger partial charge < -0.3 is 25.8 Å². The second kappa shape index (κ2) is 6.83. The van der Waals surface area contributed by atoms with Gasteiger partial charge in [-0.2, -0.15) is 0 Å². The van der Waals surface area contributed by atoms with Gasteiger partial charge in [0.1, 0.15) is 16.9 Å². The van der Waals surface area contributed by atoms with Crippen molar-refractivity contribution in [3.05, 3.63) is 44.2 Å². The van der Waals surface area contributed by atoms with Gasteiger partial charge in [-0.1, -0.05) is 22.0 Å². The molecular weight excluding hydrogens is 406 g/mol. The number of carbonyl (C=O) groups is 2. The number of nitrogens with zero attached hydrogens (tertiary/aromatic N) is 1. The van der Waals surface area contributed by atoms with Gasteiger partial charge >= 0.3 is 11.9 Å². The Bertz CT molecular complexity index is 964. The summed E-state index contributed by atoms with van der Waals surface area (Å²) in [6.45, 7) is 1.51. The Morgan fingerprint density at radius 2 is 1.73 bits per heavy atom. The molecular formula is C17H16BrN3O5. The van der Waals surface area contributed by atoms with Crippen molar-refractivity contribution in [2.75, 3.05) is 23.7 Å². The lowest BCUT2D eigenvalue weighted by Gasteiger charge is -2.23. The zero-order chi connectivity index (χ0) is 19.0. The number of benzene rings is 1. The van der Waals surface area contributed by atoms with Gasteiger partial charge in [-0.3, -0.25) is 4.79 Å². The number of halogens is 1. The number of carboxylic acid groups (broad SMARTS) is 2. The van der Waals surface area contributed by atoms with Crippen molar-refractivity contribution in [3.8, 4) is 11.1 Å². The van der Waals surface area contributed by atoms with Gasteiger partial charge in [-0.25, -0.2) is 9.59 Å². The molecule has 1 aromatic heterocycles. The molecule has 26 heavy (non-hydrogen) atoms. The Kier molecular flexibility index (Phi) is 4.73. The van der Waals surface area contributed by atoms with E-state index in [0.29, 0.717) is 11.3 Å². The van der Waals surface area contributed by atoms with E-state index in [-0.39, 0.29) is 11.4 Å². The van der Waals surface area contributed by atoms with E-state index in [1.165, 1.54) is 0 Å². The van der Waals surface area contributed by atoms with Gasteiger partial charge in [0.05, 0.1) is 0 Å². The van der Waals surface area contributed by atoms with Crippen LogP contribution in [0.1, 0.15) is 33.6 Å². The van der Waals surface area contributed by atoms with Crippen molar-refractivity contribution in [3.63, 3.8) is 0 Å². The average molecular weight is 422 g/mol. The Balaban J connectivity index is 2.42. The van der Waals surface area contributed by atoms with Gasteiger partial charge in [0.25, 0.3) is 5.56 Å². The summed E-state index contributed by atoms with van der Waals surface area (Å²) < 4.78 is 0.759. The van der Waals surface area contributed by atoms with E-state index in [9.17, 15) is 24.6 Å². The molecule has 3 rings (SSSR count). The minimum atomic E-state index is -1.51. The number of carboxylic acids is 2. The second-order valence-electron chi connectivity index (χ2n) is 5.96. The Labute approximate surface area is 156 Å². The summed E-state index contributed by atoms with van der Waals surface area (Å²) in [5, 5.41) is 19.1. The predicted molar refractivity (Wildman–Crippen MR) is 100.0 cm³/mol. The molecule has 0 amide bonds. The van der Waals surface area contributed by atoms with Crippen LogP contribution in [-0.4, -0.2) is 40.2 Å². The van der Waals surface area contributed by atoms with Crippen LogP contribution in [0.15, 0.2) is 27.5 Å². The van der Waals surface area contributed by atoms with Crippen molar-refractivity contribution in [2.24, 2.45) is 0 Å². The second-order valence-corrected chi connectivity index (χ2v) is 6.87. The summed E-state index contributed by atoms with van der Waals surface area (Å²) in [6, 6.07) is 5.06. The number of nitrogens with two attached hydrogens (primary N) is 1. The zero-order valence-electron chi connectivity index (χ0n) is 13.6. The zero-order valence-corrected chi connectivity index (χ0v) is 15.2. The minimum Gasteiger partial charge on any atom is -0.478 e. The SMILES string of the molecule is Nc1[nH]c(=O)c(C(=O)O)c(-c2ccc(Br)cc2N2CCCC2)c1C(=O)O. The summed E-state index contributed by atoms with van der Waals surface area (Å²) in [5.41, 5.74) is 4.53. The molecule has 1 saturated heterocycles. The Morgan fingerprint density at radius 1 is 1.12 bits per heavy atom. The monoisotopic (exact) mass is 421 g/mol. The van der Waals surface area contributed by atoms with E-state index >= 15 is 0 Å². The third-order valence-electron chi connectivity index (χ3n) is 4.35. The summed E-state index contributed by atoms with van der Waals surface area (Å²) in [6.07, 6.45) is 1.95. The van der Waals surface area contributed by atoms with E-state index in [1.807, 2.05) is 4.90 Å². The summed E-state index contributed by atoms with van der Waals surface area (Å²) in [5.74, 6) is -3.30. The van der Waals surface area contributed by atoms with Gasteiger partial charge in [0.2, 0.25) is 0 Å². The maximum Gasteiger partial charge on any atom is 0.342 e. The molecule has 2 aromatic rings. The maximum absolute atomic E-state index is 12.2. The molecule has 1 fully saturated rings. The van der Waals surface area contributed by atoms with E-state index in [1.54, 1.807) is 18.2 Å². The van der Waals surface area contributed by atoms with Gasteiger partial charge in [0, 0.05) is 34.4 Å². The van der Waals surface area contributed by atoms with Gasteiger partial charge in [0.15, 0.2) is 0 Å². The predicted octanol–water partition coefficient (Wildman–Crippen LogP) is 2.38. The first-order valence-corrected chi connectivity index (χ1v) is 8.67. The van der Waals surface area contributed by atoms with Crippen LogP contribution >= 0.6 is 15.9 Å². The van der Waals surface area contributed by atoms with Crippen molar-refractivity contribution in [1.82, 2.24) is 4.98 Å². The van der Waals surface area contributed by atoms with Gasteiger partial charge in [-0.15, -0.1) is 0 Å². The fraction of sp³-hybridized carbons (Fsp3) is 0.235. The van der Waals surface area contributed by atoms with Crippen LogP contribution in [0, 0.1) is 0 Å². The molecule has 0 unspecified atom stereocenters. The average Bonchev–Trinajstić information content (AvgIpc) is 3.07. The van der Waals surface area contributed by atoms with E-state index in [0.717, 1.165) is 30.4 Å². The van der Waals surface area contributed by atoms with Crippen molar-refractivity contribution >= 4 is 39.4 Å². The molecule has 8 nitrogen and oxygen atoms in total. The van der Waals surface area contributed by atoms with Crippen molar-refractivity contribution < 1.29 is 19.8 Å².